The summed E-state index contributed by atoms with van der Waals surface area (Å²) in [6.45, 7) is 6.22. The number of piperidine rings is 1. The van der Waals surface area contributed by atoms with Crippen LogP contribution >= 0.6 is 0 Å². The summed E-state index contributed by atoms with van der Waals surface area (Å²) >= 11 is 0. The number of carbonyl (C=O) groups is 2. The Kier molecular flexibility index (Phi) is 4.14. The van der Waals surface area contributed by atoms with E-state index >= 15 is 0 Å². The standard InChI is InChI=1S/C16H24N4O3/c1-16(2)11-23-7-6-20(16)15(22)12-4-5-14(21)19(9-12)13-8-17-18(3)10-13/h8,10,12H,4-7,9,11H2,1-3H3/t12-/m0/s1. The van der Waals surface area contributed by atoms with Gasteiger partial charge in [-0.3, -0.25) is 14.3 Å². The highest BCUT2D eigenvalue weighted by atomic mass is 16.5. The van der Waals surface area contributed by atoms with Crippen LogP contribution in [-0.4, -0.2) is 58.3 Å². The van der Waals surface area contributed by atoms with E-state index in [-0.39, 0.29) is 23.3 Å². The second-order valence-electron chi connectivity index (χ2n) is 6.97. The van der Waals surface area contributed by atoms with Gasteiger partial charge in [0.2, 0.25) is 11.8 Å². The van der Waals surface area contributed by atoms with Gasteiger partial charge in [0, 0.05) is 32.8 Å². The van der Waals surface area contributed by atoms with Crippen molar-refractivity contribution in [2.45, 2.75) is 32.2 Å². The summed E-state index contributed by atoms with van der Waals surface area (Å²) in [6.07, 6.45) is 4.49. The van der Waals surface area contributed by atoms with Crippen LogP contribution in [0.3, 0.4) is 0 Å². The van der Waals surface area contributed by atoms with E-state index in [4.69, 9.17) is 4.74 Å². The zero-order valence-corrected chi connectivity index (χ0v) is 14.0. The Labute approximate surface area is 136 Å². The molecule has 2 fully saturated rings. The number of amides is 2. The number of hydrogen-bond acceptors (Lipinski definition) is 4. The first kappa shape index (κ1) is 16.0. The van der Waals surface area contributed by atoms with E-state index in [0.29, 0.717) is 39.1 Å². The average molecular weight is 320 g/mol. The van der Waals surface area contributed by atoms with Crippen LogP contribution in [0, 0.1) is 5.92 Å². The van der Waals surface area contributed by atoms with Crippen molar-refractivity contribution in [2.24, 2.45) is 13.0 Å². The summed E-state index contributed by atoms with van der Waals surface area (Å²) in [4.78, 5) is 28.8. The molecule has 0 aliphatic carbocycles. The summed E-state index contributed by atoms with van der Waals surface area (Å²) in [5.41, 5.74) is 0.465. The molecule has 2 aliphatic heterocycles. The highest BCUT2D eigenvalue weighted by Crippen LogP contribution is 2.28. The number of carbonyl (C=O) groups excluding carboxylic acids is 2. The fraction of sp³-hybridized carbons (Fsp3) is 0.688. The van der Waals surface area contributed by atoms with Crippen LogP contribution in [0.25, 0.3) is 0 Å². The third kappa shape index (κ3) is 3.10. The Hall–Kier alpha value is -1.89. The SMILES string of the molecule is Cn1cc(N2C[C@@H](C(=O)N3CCOCC3(C)C)CCC2=O)cn1. The van der Waals surface area contributed by atoms with E-state index in [9.17, 15) is 9.59 Å². The van der Waals surface area contributed by atoms with Crippen molar-refractivity contribution in [3.05, 3.63) is 12.4 Å². The van der Waals surface area contributed by atoms with Crippen LogP contribution in [0.15, 0.2) is 12.4 Å². The van der Waals surface area contributed by atoms with E-state index in [2.05, 4.69) is 5.10 Å². The monoisotopic (exact) mass is 320 g/mol. The number of hydrogen-bond donors (Lipinski definition) is 0. The highest BCUT2D eigenvalue weighted by molar-refractivity contribution is 5.96. The van der Waals surface area contributed by atoms with Crippen LogP contribution in [-0.2, 0) is 21.4 Å². The number of ether oxygens (including phenoxy) is 1. The summed E-state index contributed by atoms with van der Waals surface area (Å²) in [5.74, 6) is 0.0215. The topological polar surface area (TPSA) is 67.7 Å². The zero-order chi connectivity index (χ0) is 16.6. The Bertz CT molecular complexity index is 610. The zero-order valence-electron chi connectivity index (χ0n) is 14.0. The molecule has 0 radical (unpaired) electrons. The quantitative estimate of drug-likeness (QED) is 0.808. The summed E-state index contributed by atoms with van der Waals surface area (Å²) < 4.78 is 7.16. The molecule has 2 saturated heterocycles. The molecule has 0 N–H and O–H groups in total. The Morgan fingerprint density at radius 1 is 1.43 bits per heavy atom. The lowest BCUT2D eigenvalue weighted by molar-refractivity contribution is -0.151. The molecule has 3 heterocycles. The molecule has 3 rings (SSSR count). The van der Waals surface area contributed by atoms with Crippen LogP contribution in [0.2, 0.25) is 0 Å². The van der Waals surface area contributed by atoms with Gasteiger partial charge in [-0.05, 0) is 20.3 Å². The Morgan fingerprint density at radius 2 is 2.22 bits per heavy atom. The number of nitrogens with zero attached hydrogens (tertiary/aromatic N) is 4. The van der Waals surface area contributed by atoms with Gasteiger partial charge in [0.05, 0.1) is 36.6 Å². The third-order valence-electron chi connectivity index (χ3n) is 4.67. The predicted molar refractivity (Wildman–Crippen MR) is 84.9 cm³/mol. The van der Waals surface area contributed by atoms with Gasteiger partial charge in [-0.25, -0.2) is 0 Å². The van der Waals surface area contributed by atoms with E-state index in [1.165, 1.54) is 0 Å². The van der Waals surface area contributed by atoms with Crippen LogP contribution in [0.4, 0.5) is 5.69 Å². The molecule has 0 unspecified atom stereocenters. The maximum absolute atomic E-state index is 13.0. The minimum atomic E-state index is -0.296. The predicted octanol–water partition coefficient (Wildman–Crippen LogP) is 0.800. The van der Waals surface area contributed by atoms with E-state index in [0.717, 1.165) is 5.69 Å². The summed E-state index contributed by atoms with van der Waals surface area (Å²) in [6, 6.07) is 0. The average Bonchev–Trinajstić information content (AvgIpc) is 2.93. The fourth-order valence-electron chi connectivity index (χ4n) is 3.33. The van der Waals surface area contributed by atoms with Crippen molar-refractivity contribution in [1.82, 2.24) is 14.7 Å². The number of morpholine rings is 1. The van der Waals surface area contributed by atoms with Crippen LogP contribution in [0.1, 0.15) is 26.7 Å². The molecular weight excluding hydrogens is 296 g/mol. The van der Waals surface area contributed by atoms with Gasteiger partial charge in [-0.2, -0.15) is 5.10 Å². The molecule has 1 aromatic heterocycles. The fourth-order valence-corrected chi connectivity index (χ4v) is 3.33. The molecular formula is C16H24N4O3. The van der Waals surface area contributed by atoms with Crippen molar-refractivity contribution in [2.75, 3.05) is 31.2 Å². The van der Waals surface area contributed by atoms with E-state index in [1.807, 2.05) is 32.0 Å². The lowest BCUT2D eigenvalue weighted by atomic mass is 9.92. The maximum Gasteiger partial charge on any atom is 0.228 e. The van der Waals surface area contributed by atoms with Gasteiger partial charge < -0.3 is 14.5 Å². The van der Waals surface area contributed by atoms with Crippen molar-refractivity contribution >= 4 is 17.5 Å². The van der Waals surface area contributed by atoms with Gasteiger partial charge in [0.15, 0.2) is 0 Å². The molecule has 7 heteroatoms. The van der Waals surface area contributed by atoms with Crippen molar-refractivity contribution < 1.29 is 14.3 Å². The Morgan fingerprint density at radius 3 is 2.87 bits per heavy atom. The van der Waals surface area contributed by atoms with Gasteiger partial charge >= 0.3 is 0 Å². The van der Waals surface area contributed by atoms with Crippen molar-refractivity contribution in [3.8, 4) is 0 Å². The first-order valence-corrected chi connectivity index (χ1v) is 8.07. The van der Waals surface area contributed by atoms with Crippen LogP contribution in [0.5, 0.6) is 0 Å². The Balaban J connectivity index is 1.75. The molecule has 126 valence electrons. The number of rotatable bonds is 2. The van der Waals surface area contributed by atoms with Crippen LogP contribution < -0.4 is 4.90 Å². The first-order valence-electron chi connectivity index (χ1n) is 8.07. The second kappa shape index (κ2) is 5.96. The van der Waals surface area contributed by atoms with Gasteiger partial charge in [-0.15, -0.1) is 0 Å². The molecule has 0 spiro atoms. The van der Waals surface area contributed by atoms with Gasteiger partial charge in [0.1, 0.15) is 0 Å². The lowest BCUT2D eigenvalue weighted by Crippen LogP contribution is -2.58. The molecule has 2 amide bonds. The molecule has 7 nitrogen and oxygen atoms in total. The highest BCUT2D eigenvalue weighted by Gasteiger charge is 2.40. The number of anilines is 1. The van der Waals surface area contributed by atoms with Crippen molar-refractivity contribution in [1.29, 1.82) is 0 Å². The first-order chi connectivity index (χ1) is 10.9. The second-order valence-corrected chi connectivity index (χ2v) is 6.97. The largest absolute Gasteiger partial charge is 0.377 e. The minimum Gasteiger partial charge on any atom is -0.377 e. The molecule has 1 aromatic rings. The molecule has 0 saturated carbocycles. The molecule has 1 atom stereocenters. The number of aryl methyl sites for hydroxylation is 1. The van der Waals surface area contributed by atoms with Gasteiger partial charge in [-0.1, -0.05) is 0 Å². The molecule has 2 aliphatic rings. The third-order valence-corrected chi connectivity index (χ3v) is 4.67. The minimum absolute atomic E-state index is 0.0586. The summed E-state index contributed by atoms with van der Waals surface area (Å²) in [5, 5.41) is 4.12. The molecule has 23 heavy (non-hydrogen) atoms. The lowest BCUT2D eigenvalue weighted by Gasteiger charge is -2.44. The number of aromatic nitrogens is 2. The molecule has 0 bridgehead atoms. The smallest absolute Gasteiger partial charge is 0.228 e. The normalized spacial score (nSPS) is 24.8. The summed E-state index contributed by atoms with van der Waals surface area (Å²) in [7, 11) is 1.82. The van der Waals surface area contributed by atoms with E-state index < -0.39 is 0 Å². The van der Waals surface area contributed by atoms with Crippen molar-refractivity contribution in [3.63, 3.8) is 0 Å². The van der Waals surface area contributed by atoms with E-state index in [1.54, 1.807) is 15.8 Å². The molecule has 0 aromatic carbocycles. The maximum atomic E-state index is 13.0. The van der Waals surface area contributed by atoms with Gasteiger partial charge in [0.25, 0.3) is 0 Å².